The number of rotatable bonds is 5. The molecule has 0 atom stereocenters. The van der Waals surface area contributed by atoms with Gasteiger partial charge in [-0.25, -0.2) is 0 Å². The zero-order chi connectivity index (χ0) is 15.3. The average Bonchev–Trinajstić information content (AvgIpc) is 2.33. The molecule has 20 heavy (non-hydrogen) atoms. The van der Waals surface area contributed by atoms with Gasteiger partial charge in [0.05, 0.1) is 0 Å². The van der Waals surface area contributed by atoms with E-state index in [4.69, 9.17) is 4.74 Å². The maximum absolute atomic E-state index is 11.9. The van der Waals surface area contributed by atoms with Crippen LogP contribution in [-0.4, -0.2) is 31.0 Å². The van der Waals surface area contributed by atoms with E-state index in [1.807, 2.05) is 0 Å². The second-order valence-electron chi connectivity index (χ2n) is 4.22. The number of ether oxygens (including phenoxy) is 1. The zero-order valence-electron chi connectivity index (χ0n) is 11.0. The molecule has 7 heteroatoms. The van der Waals surface area contributed by atoms with Crippen LogP contribution in [0.5, 0.6) is 5.75 Å². The summed E-state index contributed by atoms with van der Waals surface area (Å²) < 4.78 is 40.7. The normalized spacial score (nSPS) is 11.1. The van der Waals surface area contributed by atoms with Gasteiger partial charge in [0.25, 0.3) is 5.91 Å². The molecule has 1 aromatic carbocycles. The summed E-state index contributed by atoms with van der Waals surface area (Å²) in [7, 11) is 0. The second kappa shape index (κ2) is 6.40. The predicted octanol–water partition coefficient (Wildman–Crippen LogP) is 2.25. The first-order valence-corrected chi connectivity index (χ1v) is 5.77. The SMILES string of the molecule is CC(=O)c1ccc(OCC(=O)NCC(F)(F)F)c(C)c1. The van der Waals surface area contributed by atoms with E-state index in [1.54, 1.807) is 18.3 Å². The number of hydrogen-bond donors (Lipinski definition) is 1. The van der Waals surface area contributed by atoms with Crippen molar-refractivity contribution < 1.29 is 27.5 Å². The first kappa shape index (κ1) is 16.0. The molecule has 0 radical (unpaired) electrons. The number of Topliss-reactive ketones (excluding diaryl/α,β-unsaturated/α-hetero) is 1. The summed E-state index contributed by atoms with van der Waals surface area (Å²) in [5.41, 5.74) is 1.12. The van der Waals surface area contributed by atoms with E-state index < -0.39 is 25.2 Å². The average molecular weight is 289 g/mol. The summed E-state index contributed by atoms with van der Waals surface area (Å²) >= 11 is 0. The van der Waals surface area contributed by atoms with E-state index in [9.17, 15) is 22.8 Å². The number of carbonyl (C=O) groups is 2. The van der Waals surface area contributed by atoms with Gasteiger partial charge < -0.3 is 10.1 Å². The Hall–Kier alpha value is -2.05. The van der Waals surface area contributed by atoms with E-state index in [0.29, 0.717) is 16.9 Å². The van der Waals surface area contributed by atoms with E-state index in [2.05, 4.69) is 0 Å². The van der Waals surface area contributed by atoms with Crippen molar-refractivity contribution in [2.75, 3.05) is 13.2 Å². The summed E-state index contributed by atoms with van der Waals surface area (Å²) in [6.07, 6.45) is -4.45. The number of ketones is 1. The topological polar surface area (TPSA) is 55.4 Å². The van der Waals surface area contributed by atoms with Gasteiger partial charge in [-0.15, -0.1) is 0 Å². The first-order chi connectivity index (χ1) is 9.19. The number of aryl methyl sites for hydroxylation is 1. The molecule has 0 aliphatic heterocycles. The van der Waals surface area contributed by atoms with Gasteiger partial charge >= 0.3 is 6.18 Å². The fraction of sp³-hybridized carbons (Fsp3) is 0.385. The Bertz CT molecular complexity index is 512. The number of amides is 1. The Kier molecular flexibility index (Phi) is 5.12. The molecule has 0 bridgehead atoms. The highest BCUT2D eigenvalue weighted by Crippen LogP contribution is 2.19. The maximum atomic E-state index is 11.9. The standard InChI is InChI=1S/C13H14F3NO3/c1-8-5-10(9(2)18)3-4-11(8)20-6-12(19)17-7-13(14,15)16/h3-5H,6-7H2,1-2H3,(H,17,19). The number of benzene rings is 1. The predicted molar refractivity (Wildman–Crippen MR) is 65.7 cm³/mol. The lowest BCUT2D eigenvalue weighted by Crippen LogP contribution is -2.36. The molecule has 1 rings (SSSR count). The lowest BCUT2D eigenvalue weighted by molar-refractivity contribution is -0.139. The molecular formula is C13H14F3NO3. The highest BCUT2D eigenvalue weighted by Gasteiger charge is 2.27. The Morgan fingerprint density at radius 1 is 1.30 bits per heavy atom. The van der Waals surface area contributed by atoms with Crippen molar-refractivity contribution in [2.24, 2.45) is 0 Å². The zero-order valence-corrected chi connectivity index (χ0v) is 11.0. The van der Waals surface area contributed by atoms with Crippen molar-refractivity contribution in [3.63, 3.8) is 0 Å². The Morgan fingerprint density at radius 2 is 1.95 bits per heavy atom. The molecule has 0 saturated heterocycles. The van der Waals surface area contributed by atoms with Crippen LogP contribution >= 0.6 is 0 Å². The lowest BCUT2D eigenvalue weighted by atomic mass is 10.1. The Balaban J connectivity index is 2.54. The quantitative estimate of drug-likeness (QED) is 0.846. The van der Waals surface area contributed by atoms with Gasteiger partial charge in [0.2, 0.25) is 0 Å². The summed E-state index contributed by atoms with van der Waals surface area (Å²) in [6, 6.07) is 4.62. The fourth-order valence-corrected chi connectivity index (χ4v) is 1.42. The van der Waals surface area contributed by atoms with E-state index >= 15 is 0 Å². The summed E-state index contributed by atoms with van der Waals surface area (Å²) in [4.78, 5) is 22.3. The molecule has 0 spiro atoms. The Morgan fingerprint density at radius 3 is 2.45 bits per heavy atom. The van der Waals surface area contributed by atoms with E-state index in [0.717, 1.165) is 0 Å². The number of hydrogen-bond acceptors (Lipinski definition) is 3. The number of alkyl halides is 3. The minimum absolute atomic E-state index is 0.109. The van der Waals surface area contributed by atoms with Crippen molar-refractivity contribution in [1.82, 2.24) is 5.32 Å². The lowest BCUT2D eigenvalue weighted by Gasteiger charge is -2.11. The highest BCUT2D eigenvalue weighted by molar-refractivity contribution is 5.94. The maximum Gasteiger partial charge on any atom is 0.405 e. The molecule has 0 saturated carbocycles. The van der Waals surface area contributed by atoms with Gasteiger partial charge in [-0.3, -0.25) is 9.59 Å². The van der Waals surface area contributed by atoms with Gasteiger partial charge in [-0.2, -0.15) is 13.2 Å². The third kappa shape index (κ3) is 5.29. The summed E-state index contributed by atoms with van der Waals surface area (Å²) in [6.45, 7) is 1.18. The molecule has 1 aromatic rings. The van der Waals surface area contributed by atoms with Crippen LogP contribution in [0, 0.1) is 6.92 Å². The van der Waals surface area contributed by atoms with E-state index in [-0.39, 0.29) is 5.78 Å². The molecule has 110 valence electrons. The third-order valence-electron chi connectivity index (χ3n) is 2.43. The van der Waals surface area contributed by atoms with Crippen LogP contribution in [0.1, 0.15) is 22.8 Å². The molecule has 1 N–H and O–H groups in total. The van der Waals surface area contributed by atoms with Crippen LogP contribution in [0.3, 0.4) is 0 Å². The van der Waals surface area contributed by atoms with Crippen LogP contribution in [0.4, 0.5) is 13.2 Å². The molecule has 0 aromatic heterocycles. The molecule has 0 aliphatic rings. The van der Waals surface area contributed by atoms with Gasteiger partial charge in [-0.05, 0) is 37.6 Å². The van der Waals surface area contributed by atoms with Crippen molar-refractivity contribution in [1.29, 1.82) is 0 Å². The van der Waals surface area contributed by atoms with E-state index in [1.165, 1.54) is 19.1 Å². The largest absolute Gasteiger partial charge is 0.484 e. The second-order valence-corrected chi connectivity index (χ2v) is 4.22. The Labute approximate surface area is 113 Å². The number of halogens is 3. The van der Waals surface area contributed by atoms with Gasteiger partial charge in [0, 0.05) is 5.56 Å². The molecule has 0 aliphatic carbocycles. The minimum atomic E-state index is -4.45. The molecular weight excluding hydrogens is 275 g/mol. The van der Waals surface area contributed by atoms with Crippen LogP contribution in [0.25, 0.3) is 0 Å². The monoisotopic (exact) mass is 289 g/mol. The van der Waals surface area contributed by atoms with Gasteiger partial charge in [0.1, 0.15) is 12.3 Å². The number of carbonyl (C=O) groups excluding carboxylic acids is 2. The van der Waals surface area contributed by atoms with Crippen molar-refractivity contribution >= 4 is 11.7 Å². The third-order valence-corrected chi connectivity index (χ3v) is 2.43. The summed E-state index contributed by atoms with van der Waals surface area (Å²) in [5.74, 6) is -0.628. The molecule has 0 fully saturated rings. The van der Waals surface area contributed by atoms with Crippen molar-refractivity contribution in [2.45, 2.75) is 20.0 Å². The van der Waals surface area contributed by atoms with Crippen LogP contribution in [0.15, 0.2) is 18.2 Å². The van der Waals surface area contributed by atoms with Crippen LogP contribution in [-0.2, 0) is 4.79 Å². The highest BCUT2D eigenvalue weighted by atomic mass is 19.4. The number of nitrogens with one attached hydrogen (secondary N) is 1. The minimum Gasteiger partial charge on any atom is -0.484 e. The van der Waals surface area contributed by atoms with Crippen molar-refractivity contribution in [3.8, 4) is 5.75 Å². The van der Waals surface area contributed by atoms with Gasteiger partial charge in [0.15, 0.2) is 12.4 Å². The smallest absolute Gasteiger partial charge is 0.405 e. The summed E-state index contributed by atoms with van der Waals surface area (Å²) in [5, 5.41) is 1.70. The van der Waals surface area contributed by atoms with Crippen LogP contribution < -0.4 is 10.1 Å². The van der Waals surface area contributed by atoms with Crippen molar-refractivity contribution in [3.05, 3.63) is 29.3 Å². The first-order valence-electron chi connectivity index (χ1n) is 5.77. The molecule has 1 amide bonds. The van der Waals surface area contributed by atoms with Gasteiger partial charge in [-0.1, -0.05) is 0 Å². The van der Waals surface area contributed by atoms with Crippen LogP contribution in [0.2, 0.25) is 0 Å². The molecule has 0 heterocycles. The molecule has 4 nitrogen and oxygen atoms in total. The molecule has 0 unspecified atom stereocenters. The fourth-order valence-electron chi connectivity index (χ4n) is 1.42.